The van der Waals surface area contributed by atoms with Gasteiger partial charge in [-0.05, 0) is 62.6 Å². The largest absolute Gasteiger partial charge is 0.493 e. The highest BCUT2D eigenvalue weighted by molar-refractivity contribution is 8.12. The fourth-order valence-corrected chi connectivity index (χ4v) is 2.49. The van der Waals surface area contributed by atoms with Crippen LogP contribution in [0.2, 0.25) is 0 Å². The molecule has 0 heterocycles. The van der Waals surface area contributed by atoms with Crippen LogP contribution in [0.15, 0.2) is 36.4 Å². The van der Waals surface area contributed by atoms with E-state index in [9.17, 15) is 4.79 Å². The van der Waals surface area contributed by atoms with Crippen molar-refractivity contribution in [2.45, 2.75) is 27.4 Å². The first-order valence-electron chi connectivity index (χ1n) is 7.75. The number of aryl methyl sites for hydroxylation is 2. The SMILES string of the molecule is CCOc1cccc(OC(=O)SC)c1COc1ccc(C)cc1C. The van der Waals surface area contributed by atoms with Gasteiger partial charge in [0.05, 0.1) is 12.2 Å². The van der Waals surface area contributed by atoms with Crippen LogP contribution in [0.1, 0.15) is 23.6 Å². The Balaban J connectivity index is 2.26. The molecule has 0 fully saturated rings. The molecule has 0 aliphatic rings. The Bertz CT molecular complexity index is 713. The molecule has 0 radical (unpaired) electrons. The minimum atomic E-state index is -0.364. The monoisotopic (exact) mass is 346 g/mol. The van der Waals surface area contributed by atoms with E-state index in [1.807, 2.05) is 39.0 Å². The summed E-state index contributed by atoms with van der Waals surface area (Å²) in [5, 5.41) is -0.364. The zero-order chi connectivity index (χ0) is 17.5. The molecule has 2 aromatic carbocycles. The highest BCUT2D eigenvalue weighted by Crippen LogP contribution is 2.31. The van der Waals surface area contributed by atoms with E-state index in [0.29, 0.717) is 18.1 Å². The molecule has 0 bridgehead atoms. The third kappa shape index (κ3) is 4.68. The molecule has 0 saturated heterocycles. The summed E-state index contributed by atoms with van der Waals surface area (Å²) in [6.07, 6.45) is 1.68. The molecule has 5 heteroatoms. The van der Waals surface area contributed by atoms with Crippen LogP contribution < -0.4 is 14.2 Å². The first-order chi connectivity index (χ1) is 11.5. The van der Waals surface area contributed by atoms with Gasteiger partial charge in [-0.1, -0.05) is 23.8 Å². The maximum absolute atomic E-state index is 11.6. The van der Waals surface area contributed by atoms with Gasteiger partial charge in [0.1, 0.15) is 23.9 Å². The Labute approximate surface area is 147 Å². The lowest BCUT2D eigenvalue weighted by molar-refractivity contribution is 0.224. The standard InChI is InChI=1S/C19H22O4S/c1-5-21-17-7-6-8-18(23-19(20)24-4)15(17)12-22-16-10-9-13(2)11-14(16)3/h6-11H,5,12H2,1-4H3. The normalized spacial score (nSPS) is 10.3. The number of carbonyl (C=O) groups excluding carboxylic acids is 1. The molecule has 0 spiro atoms. The topological polar surface area (TPSA) is 44.8 Å². The van der Waals surface area contributed by atoms with Gasteiger partial charge in [-0.25, -0.2) is 4.79 Å². The van der Waals surface area contributed by atoms with Gasteiger partial charge in [-0.15, -0.1) is 0 Å². The molecule has 0 atom stereocenters. The van der Waals surface area contributed by atoms with Gasteiger partial charge in [0, 0.05) is 0 Å². The number of thioether (sulfide) groups is 1. The summed E-state index contributed by atoms with van der Waals surface area (Å²) < 4.78 is 17.0. The molecule has 0 aliphatic heterocycles. The predicted molar refractivity (Wildman–Crippen MR) is 97.4 cm³/mol. The van der Waals surface area contributed by atoms with Crippen molar-refractivity contribution < 1.29 is 19.0 Å². The van der Waals surface area contributed by atoms with E-state index < -0.39 is 0 Å². The van der Waals surface area contributed by atoms with E-state index in [1.54, 1.807) is 18.4 Å². The molecule has 0 saturated carbocycles. The lowest BCUT2D eigenvalue weighted by atomic mass is 10.1. The minimum Gasteiger partial charge on any atom is -0.493 e. The number of rotatable bonds is 6. The van der Waals surface area contributed by atoms with Gasteiger partial charge in [0.15, 0.2) is 0 Å². The third-order valence-electron chi connectivity index (χ3n) is 3.45. The fraction of sp³-hybridized carbons (Fsp3) is 0.316. The lowest BCUT2D eigenvalue weighted by Gasteiger charge is -2.16. The van der Waals surface area contributed by atoms with E-state index in [1.165, 1.54) is 5.56 Å². The summed E-state index contributed by atoms with van der Waals surface area (Å²) in [4.78, 5) is 11.6. The number of hydrogen-bond donors (Lipinski definition) is 0. The van der Waals surface area contributed by atoms with Crippen molar-refractivity contribution in [1.29, 1.82) is 0 Å². The molecular weight excluding hydrogens is 324 g/mol. The van der Waals surface area contributed by atoms with E-state index in [0.717, 1.165) is 28.6 Å². The zero-order valence-corrected chi connectivity index (χ0v) is 15.2. The van der Waals surface area contributed by atoms with Crippen LogP contribution in [-0.4, -0.2) is 18.2 Å². The van der Waals surface area contributed by atoms with Crippen LogP contribution in [0.4, 0.5) is 4.79 Å². The predicted octanol–water partition coefficient (Wildman–Crippen LogP) is 5.14. The van der Waals surface area contributed by atoms with Gasteiger partial charge in [0.25, 0.3) is 0 Å². The lowest BCUT2D eigenvalue weighted by Crippen LogP contribution is -2.07. The van der Waals surface area contributed by atoms with Crippen LogP contribution in [0.3, 0.4) is 0 Å². The van der Waals surface area contributed by atoms with Gasteiger partial charge < -0.3 is 14.2 Å². The summed E-state index contributed by atoms with van der Waals surface area (Å²) in [6.45, 7) is 6.75. The first-order valence-corrected chi connectivity index (χ1v) is 8.98. The summed E-state index contributed by atoms with van der Waals surface area (Å²) in [7, 11) is 0. The second-order valence-corrected chi connectivity index (χ2v) is 6.02. The molecule has 128 valence electrons. The molecule has 0 aromatic heterocycles. The van der Waals surface area contributed by atoms with Crippen molar-refractivity contribution in [2.24, 2.45) is 0 Å². The van der Waals surface area contributed by atoms with Crippen molar-refractivity contribution in [2.75, 3.05) is 12.9 Å². The van der Waals surface area contributed by atoms with Crippen LogP contribution in [-0.2, 0) is 6.61 Å². The zero-order valence-electron chi connectivity index (χ0n) is 14.4. The van der Waals surface area contributed by atoms with Crippen molar-refractivity contribution in [3.63, 3.8) is 0 Å². The molecule has 4 nitrogen and oxygen atoms in total. The van der Waals surface area contributed by atoms with Crippen molar-refractivity contribution in [3.8, 4) is 17.2 Å². The second kappa shape index (κ2) is 8.64. The molecule has 2 rings (SSSR count). The minimum absolute atomic E-state index is 0.261. The molecule has 0 N–H and O–H groups in total. The number of benzene rings is 2. The fourth-order valence-electron chi connectivity index (χ4n) is 2.32. The first kappa shape index (κ1) is 18.2. The summed E-state index contributed by atoms with van der Waals surface area (Å²) in [6, 6.07) is 11.4. The molecular formula is C19H22O4S. The third-order valence-corrected chi connectivity index (χ3v) is 3.87. The summed E-state index contributed by atoms with van der Waals surface area (Å²) in [5.41, 5.74) is 2.97. The van der Waals surface area contributed by atoms with E-state index in [4.69, 9.17) is 14.2 Å². The number of hydrogen-bond acceptors (Lipinski definition) is 5. The van der Waals surface area contributed by atoms with Crippen molar-refractivity contribution >= 4 is 17.1 Å². The molecule has 0 unspecified atom stereocenters. The van der Waals surface area contributed by atoms with Crippen LogP contribution in [0.5, 0.6) is 17.2 Å². The van der Waals surface area contributed by atoms with Crippen LogP contribution in [0.25, 0.3) is 0 Å². The summed E-state index contributed by atoms with van der Waals surface area (Å²) in [5.74, 6) is 1.92. The molecule has 0 aliphatic carbocycles. The van der Waals surface area contributed by atoms with Crippen LogP contribution in [0, 0.1) is 13.8 Å². The van der Waals surface area contributed by atoms with Gasteiger partial charge in [-0.2, -0.15) is 0 Å². The highest BCUT2D eigenvalue weighted by atomic mass is 32.2. The molecule has 2 aromatic rings. The van der Waals surface area contributed by atoms with Gasteiger partial charge in [0.2, 0.25) is 0 Å². The number of ether oxygens (including phenoxy) is 3. The van der Waals surface area contributed by atoms with E-state index in [2.05, 4.69) is 6.07 Å². The quantitative estimate of drug-likeness (QED) is 0.677. The maximum atomic E-state index is 11.6. The Hall–Kier alpha value is -2.14. The van der Waals surface area contributed by atoms with E-state index >= 15 is 0 Å². The Morgan fingerprint density at radius 1 is 1.04 bits per heavy atom. The second-order valence-electron chi connectivity index (χ2n) is 5.28. The average molecular weight is 346 g/mol. The molecule has 24 heavy (non-hydrogen) atoms. The molecule has 0 amide bonds. The van der Waals surface area contributed by atoms with E-state index in [-0.39, 0.29) is 11.9 Å². The Kier molecular flexibility index (Phi) is 6.55. The Morgan fingerprint density at radius 3 is 2.46 bits per heavy atom. The van der Waals surface area contributed by atoms with Gasteiger partial charge in [-0.3, -0.25) is 0 Å². The summed E-state index contributed by atoms with van der Waals surface area (Å²) >= 11 is 1.02. The maximum Gasteiger partial charge on any atom is 0.372 e. The van der Waals surface area contributed by atoms with Crippen molar-refractivity contribution in [3.05, 3.63) is 53.1 Å². The van der Waals surface area contributed by atoms with Crippen molar-refractivity contribution in [1.82, 2.24) is 0 Å². The van der Waals surface area contributed by atoms with Gasteiger partial charge >= 0.3 is 5.30 Å². The van der Waals surface area contributed by atoms with Crippen LogP contribution >= 0.6 is 11.8 Å². The average Bonchev–Trinajstić information content (AvgIpc) is 2.56. The smallest absolute Gasteiger partial charge is 0.372 e. The Morgan fingerprint density at radius 2 is 1.79 bits per heavy atom. The highest BCUT2D eigenvalue weighted by Gasteiger charge is 2.15. The number of carbonyl (C=O) groups is 1.